The van der Waals surface area contributed by atoms with Gasteiger partial charge in [0.2, 0.25) is 5.95 Å². The van der Waals surface area contributed by atoms with Crippen LogP contribution in [-0.2, 0) is 0 Å². The quantitative estimate of drug-likeness (QED) is 0.463. The van der Waals surface area contributed by atoms with Crippen molar-refractivity contribution in [3.63, 3.8) is 0 Å². The zero-order valence-electron chi connectivity index (χ0n) is 10.3. The molecule has 0 amide bonds. The van der Waals surface area contributed by atoms with Crippen molar-refractivity contribution < 1.29 is 14.4 Å². The molecule has 10 heteroatoms. The molecule has 0 bridgehead atoms. The van der Waals surface area contributed by atoms with Crippen molar-refractivity contribution in [3.05, 3.63) is 34.4 Å². The van der Waals surface area contributed by atoms with Crippen molar-refractivity contribution in [1.82, 2.24) is 15.0 Å². The van der Waals surface area contributed by atoms with Crippen LogP contribution in [0, 0.1) is 10.1 Å². The fourth-order valence-electron chi connectivity index (χ4n) is 1.31. The molecule has 0 aliphatic rings. The standard InChI is InChI=1S/C10H10N6O4/c1-19-9-12-8(15-11)13-10(14-9)20-7-4-2-3-6(5-7)16(17)18/h2-5H,11H2,1H3,(H,12,13,14,15). The zero-order valence-corrected chi connectivity index (χ0v) is 10.3. The van der Waals surface area contributed by atoms with Crippen molar-refractivity contribution >= 4 is 11.6 Å². The van der Waals surface area contributed by atoms with Crippen LogP contribution in [0.15, 0.2) is 24.3 Å². The minimum Gasteiger partial charge on any atom is -0.467 e. The highest BCUT2D eigenvalue weighted by Gasteiger charge is 2.11. The second kappa shape index (κ2) is 5.75. The van der Waals surface area contributed by atoms with Crippen LogP contribution in [0.4, 0.5) is 11.6 Å². The number of anilines is 1. The highest BCUT2D eigenvalue weighted by atomic mass is 16.6. The van der Waals surface area contributed by atoms with Gasteiger partial charge in [0.1, 0.15) is 5.75 Å². The van der Waals surface area contributed by atoms with Crippen LogP contribution in [0.5, 0.6) is 17.8 Å². The van der Waals surface area contributed by atoms with E-state index in [4.69, 9.17) is 15.3 Å². The Hall–Kier alpha value is -3.01. The van der Waals surface area contributed by atoms with Gasteiger partial charge in [-0.1, -0.05) is 6.07 Å². The molecule has 0 fully saturated rings. The summed E-state index contributed by atoms with van der Waals surface area (Å²) in [6, 6.07) is 5.48. The smallest absolute Gasteiger partial charge is 0.330 e. The van der Waals surface area contributed by atoms with Crippen molar-refractivity contribution in [2.75, 3.05) is 12.5 Å². The zero-order chi connectivity index (χ0) is 14.5. The van der Waals surface area contributed by atoms with E-state index in [1.54, 1.807) is 0 Å². The van der Waals surface area contributed by atoms with Crippen LogP contribution in [0.1, 0.15) is 0 Å². The lowest BCUT2D eigenvalue weighted by Gasteiger charge is -2.06. The molecule has 0 aliphatic carbocycles. The number of ether oxygens (including phenoxy) is 2. The minimum absolute atomic E-state index is 0.00613. The Labute approximate surface area is 112 Å². The van der Waals surface area contributed by atoms with E-state index in [9.17, 15) is 10.1 Å². The summed E-state index contributed by atoms with van der Waals surface area (Å²) in [6.45, 7) is 0. The average molecular weight is 278 g/mol. The first-order valence-corrected chi connectivity index (χ1v) is 5.31. The summed E-state index contributed by atoms with van der Waals surface area (Å²) in [5, 5.41) is 10.7. The second-order valence-corrected chi connectivity index (χ2v) is 3.43. The molecule has 0 aliphatic heterocycles. The molecule has 1 heterocycles. The van der Waals surface area contributed by atoms with Crippen LogP contribution < -0.4 is 20.7 Å². The van der Waals surface area contributed by atoms with Gasteiger partial charge in [-0.25, -0.2) is 5.84 Å². The van der Waals surface area contributed by atoms with E-state index in [-0.39, 0.29) is 29.4 Å². The number of rotatable bonds is 5. The summed E-state index contributed by atoms with van der Waals surface area (Å²) in [7, 11) is 1.37. The van der Waals surface area contributed by atoms with E-state index in [0.29, 0.717) is 0 Å². The van der Waals surface area contributed by atoms with Crippen molar-refractivity contribution in [3.8, 4) is 17.8 Å². The number of nitro benzene ring substituents is 1. The van der Waals surface area contributed by atoms with Crippen LogP contribution in [0.2, 0.25) is 0 Å². The van der Waals surface area contributed by atoms with Gasteiger partial charge in [0.25, 0.3) is 5.69 Å². The number of nitro groups is 1. The molecule has 10 nitrogen and oxygen atoms in total. The topological polar surface area (TPSA) is 138 Å². The predicted octanol–water partition coefficient (Wildman–Crippen LogP) is 0.866. The normalized spacial score (nSPS) is 9.90. The Bertz CT molecular complexity index is 613. The van der Waals surface area contributed by atoms with Gasteiger partial charge in [0.15, 0.2) is 0 Å². The lowest BCUT2D eigenvalue weighted by Crippen LogP contribution is -2.12. The summed E-state index contributed by atoms with van der Waals surface area (Å²) in [5.74, 6) is 5.44. The summed E-state index contributed by atoms with van der Waals surface area (Å²) in [4.78, 5) is 21.6. The molecule has 0 atom stereocenters. The highest BCUT2D eigenvalue weighted by molar-refractivity contribution is 5.39. The van der Waals surface area contributed by atoms with Gasteiger partial charge in [-0.3, -0.25) is 15.5 Å². The monoisotopic (exact) mass is 278 g/mol. The van der Waals surface area contributed by atoms with Gasteiger partial charge < -0.3 is 9.47 Å². The van der Waals surface area contributed by atoms with E-state index in [1.165, 1.54) is 31.4 Å². The maximum Gasteiger partial charge on any atom is 0.330 e. The number of hydrogen-bond donors (Lipinski definition) is 2. The third-order valence-corrected chi connectivity index (χ3v) is 2.14. The van der Waals surface area contributed by atoms with Crippen LogP contribution >= 0.6 is 0 Å². The number of nitrogens with two attached hydrogens (primary N) is 1. The average Bonchev–Trinajstić information content (AvgIpc) is 2.47. The van der Waals surface area contributed by atoms with Crippen molar-refractivity contribution in [1.29, 1.82) is 0 Å². The van der Waals surface area contributed by atoms with Gasteiger partial charge in [-0.2, -0.15) is 9.97 Å². The predicted molar refractivity (Wildman–Crippen MR) is 67.4 cm³/mol. The number of benzene rings is 1. The van der Waals surface area contributed by atoms with Gasteiger partial charge in [-0.05, 0) is 6.07 Å². The first-order valence-electron chi connectivity index (χ1n) is 5.31. The van der Waals surface area contributed by atoms with Crippen molar-refractivity contribution in [2.45, 2.75) is 0 Å². The maximum atomic E-state index is 10.7. The molecule has 2 aromatic rings. The maximum absolute atomic E-state index is 10.7. The van der Waals surface area contributed by atoms with Gasteiger partial charge in [0.05, 0.1) is 18.1 Å². The van der Waals surface area contributed by atoms with E-state index in [2.05, 4.69) is 20.4 Å². The summed E-state index contributed by atoms with van der Waals surface area (Å²) < 4.78 is 10.2. The second-order valence-electron chi connectivity index (χ2n) is 3.43. The highest BCUT2D eigenvalue weighted by Crippen LogP contribution is 2.24. The Morgan fingerprint density at radius 1 is 1.30 bits per heavy atom. The number of nitrogens with one attached hydrogen (secondary N) is 1. The number of nitrogens with zero attached hydrogens (tertiary/aromatic N) is 4. The molecule has 0 radical (unpaired) electrons. The van der Waals surface area contributed by atoms with Gasteiger partial charge in [0, 0.05) is 6.07 Å². The molecule has 0 spiro atoms. The number of aromatic nitrogens is 3. The molecule has 20 heavy (non-hydrogen) atoms. The Balaban J connectivity index is 2.29. The molecule has 1 aromatic carbocycles. The summed E-state index contributed by atoms with van der Waals surface area (Å²) >= 11 is 0. The fraction of sp³-hybridized carbons (Fsp3) is 0.100. The lowest BCUT2D eigenvalue weighted by molar-refractivity contribution is -0.384. The minimum atomic E-state index is -0.534. The molecular formula is C10H10N6O4. The number of nitrogen functional groups attached to an aromatic ring is 1. The lowest BCUT2D eigenvalue weighted by atomic mass is 10.3. The Morgan fingerprint density at radius 3 is 2.70 bits per heavy atom. The first-order chi connectivity index (χ1) is 9.62. The van der Waals surface area contributed by atoms with E-state index < -0.39 is 4.92 Å². The number of hydrazine groups is 1. The molecule has 0 saturated heterocycles. The molecule has 0 unspecified atom stereocenters. The molecule has 104 valence electrons. The molecule has 3 N–H and O–H groups in total. The first kappa shape index (κ1) is 13.4. The van der Waals surface area contributed by atoms with Crippen LogP contribution in [-0.4, -0.2) is 27.0 Å². The largest absolute Gasteiger partial charge is 0.467 e. The molecule has 0 saturated carbocycles. The van der Waals surface area contributed by atoms with E-state index >= 15 is 0 Å². The fourth-order valence-corrected chi connectivity index (χ4v) is 1.31. The van der Waals surface area contributed by atoms with Crippen LogP contribution in [0.3, 0.4) is 0 Å². The molecular weight excluding hydrogens is 268 g/mol. The third kappa shape index (κ3) is 3.05. The Kier molecular flexibility index (Phi) is 3.86. The molecule has 2 rings (SSSR count). The number of hydrogen-bond acceptors (Lipinski definition) is 9. The van der Waals surface area contributed by atoms with Crippen molar-refractivity contribution in [2.24, 2.45) is 5.84 Å². The van der Waals surface area contributed by atoms with Gasteiger partial charge in [-0.15, -0.1) is 4.98 Å². The number of methoxy groups -OCH3 is 1. The number of non-ortho nitro benzene ring substituents is 1. The van der Waals surface area contributed by atoms with Crippen LogP contribution in [0.25, 0.3) is 0 Å². The van der Waals surface area contributed by atoms with Gasteiger partial charge >= 0.3 is 12.0 Å². The molecule has 1 aromatic heterocycles. The Morgan fingerprint density at radius 2 is 2.05 bits per heavy atom. The third-order valence-electron chi connectivity index (χ3n) is 2.14. The SMILES string of the molecule is COc1nc(NN)nc(Oc2cccc([N+](=O)[O-])c2)n1. The summed E-state index contributed by atoms with van der Waals surface area (Å²) in [5.41, 5.74) is 2.12. The summed E-state index contributed by atoms with van der Waals surface area (Å²) in [6.07, 6.45) is 0. The van der Waals surface area contributed by atoms with E-state index in [1.807, 2.05) is 0 Å². The van der Waals surface area contributed by atoms with E-state index in [0.717, 1.165) is 0 Å².